The first-order valence-corrected chi connectivity index (χ1v) is 11.7. The molecule has 0 aliphatic carbocycles. The number of rotatable bonds is 4. The summed E-state index contributed by atoms with van der Waals surface area (Å²) < 4.78 is 57.0. The number of alkyl halides is 4. The molecule has 0 unspecified atom stereocenters. The molecular weight excluding hydrogens is 577 g/mol. The number of amides is 2. The number of carbonyl (C=O) groups is 2. The molecule has 3 aromatic rings. The van der Waals surface area contributed by atoms with E-state index in [1.807, 2.05) is 0 Å². The highest BCUT2D eigenvalue weighted by atomic mass is 127. The summed E-state index contributed by atoms with van der Waals surface area (Å²) in [6.45, 7) is -0.366. The van der Waals surface area contributed by atoms with Crippen LogP contribution in [-0.2, 0) is 30.5 Å². The Hall–Kier alpha value is -2.55. The largest absolute Gasteiger partial charge is 0.416 e. The van der Waals surface area contributed by atoms with Gasteiger partial charge in [0.1, 0.15) is 6.17 Å². The number of aromatic nitrogens is 3. The number of fused-ring (bicyclic) bond motifs is 2. The first kappa shape index (κ1) is 22.3. The van der Waals surface area contributed by atoms with Crippen molar-refractivity contribution in [2.75, 3.05) is 5.32 Å². The second-order valence-electron chi connectivity index (χ2n) is 7.67. The van der Waals surface area contributed by atoms with E-state index in [-0.39, 0.29) is 38.5 Å². The lowest BCUT2D eigenvalue weighted by Crippen LogP contribution is -2.38. The van der Waals surface area contributed by atoms with Crippen molar-refractivity contribution in [1.29, 1.82) is 0 Å². The van der Waals surface area contributed by atoms with Crippen LogP contribution in [-0.4, -0.2) is 37.4 Å². The normalized spacial score (nSPS) is 18.4. The van der Waals surface area contributed by atoms with Gasteiger partial charge in [-0.2, -0.15) is 13.2 Å². The van der Waals surface area contributed by atoms with E-state index in [9.17, 15) is 27.2 Å². The average Bonchev–Trinajstić information content (AvgIpc) is 3.49. The molecule has 33 heavy (non-hydrogen) atoms. The molecule has 5 rings (SSSR count). The van der Waals surface area contributed by atoms with Gasteiger partial charge in [0, 0.05) is 39.4 Å². The summed E-state index contributed by atoms with van der Waals surface area (Å²) >= 11 is 2.87. The number of thiazole rings is 1. The minimum atomic E-state index is -4.67. The Labute approximate surface area is 202 Å². The number of carbonyl (C=O) groups excluding carboxylic acids is 2. The van der Waals surface area contributed by atoms with Gasteiger partial charge >= 0.3 is 6.18 Å². The van der Waals surface area contributed by atoms with Crippen molar-refractivity contribution in [1.82, 2.24) is 19.4 Å². The van der Waals surface area contributed by atoms with Gasteiger partial charge in [0.15, 0.2) is 11.2 Å². The molecule has 0 saturated carbocycles. The van der Waals surface area contributed by atoms with Crippen molar-refractivity contribution in [2.24, 2.45) is 0 Å². The van der Waals surface area contributed by atoms with E-state index in [0.29, 0.717) is 5.69 Å². The minimum Gasteiger partial charge on any atom is -0.331 e. The predicted octanol–water partition coefficient (Wildman–Crippen LogP) is 4.19. The van der Waals surface area contributed by atoms with Crippen molar-refractivity contribution >= 4 is 50.9 Å². The molecule has 2 aromatic heterocycles. The van der Waals surface area contributed by atoms with Crippen molar-refractivity contribution in [3.8, 4) is 0 Å². The van der Waals surface area contributed by atoms with Crippen LogP contribution < -0.4 is 5.32 Å². The van der Waals surface area contributed by atoms with Gasteiger partial charge in [-0.3, -0.25) is 14.9 Å². The number of benzene rings is 1. The first-order chi connectivity index (χ1) is 15.6. The van der Waals surface area contributed by atoms with Crippen molar-refractivity contribution < 1.29 is 27.2 Å². The monoisotopic (exact) mass is 591 g/mol. The van der Waals surface area contributed by atoms with Crippen molar-refractivity contribution in [3.63, 3.8) is 0 Å². The van der Waals surface area contributed by atoms with Gasteiger partial charge in [0.25, 0.3) is 11.8 Å². The summed E-state index contributed by atoms with van der Waals surface area (Å²) in [5.41, 5.74) is -0.636. The van der Waals surface area contributed by atoms with Crippen LogP contribution in [0.2, 0.25) is 0 Å². The highest BCUT2D eigenvalue weighted by Crippen LogP contribution is 2.41. The maximum absolute atomic E-state index is 14.0. The Morgan fingerprint density at radius 3 is 2.79 bits per heavy atom. The minimum absolute atomic E-state index is 0.00293. The average molecular weight is 591 g/mol. The molecule has 1 aromatic carbocycles. The Kier molecular flexibility index (Phi) is 5.42. The molecule has 7 nitrogen and oxygen atoms in total. The molecule has 2 atom stereocenters. The third-order valence-electron chi connectivity index (χ3n) is 5.61. The summed E-state index contributed by atoms with van der Waals surface area (Å²) in [5, 5.41) is 4.50. The van der Waals surface area contributed by atoms with E-state index in [1.165, 1.54) is 18.6 Å². The molecule has 172 valence electrons. The summed E-state index contributed by atoms with van der Waals surface area (Å²) in [6.07, 6.45) is -2.99. The van der Waals surface area contributed by atoms with Crippen LogP contribution in [0.4, 0.5) is 22.7 Å². The first-order valence-electron chi connectivity index (χ1n) is 9.72. The topological polar surface area (TPSA) is 80.1 Å². The van der Waals surface area contributed by atoms with Crippen LogP contribution in [0.25, 0.3) is 0 Å². The Balaban J connectivity index is 1.59. The highest BCUT2D eigenvalue weighted by molar-refractivity contribution is 14.1. The molecule has 0 radical (unpaired) electrons. The summed E-state index contributed by atoms with van der Waals surface area (Å²) in [4.78, 5) is 35.9. The van der Waals surface area contributed by atoms with E-state index in [4.69, 9.17) is 0 Å². The Bertz CT molecular complexity index is 1260. The zero-order valence-electron chi connectivity index (χ0n) is 16.6. The fourth-order valence-corrected chi connectivity index (χ4v) is 5.40. The van der Waals surface area contributed by atoms with Crippen LogP contribution in [0.15, 0.2) is 30.0 Å². The van der Waals surface area contributed by atoms with Crippen molar-refractivity contribution in [3.05, 3.63) is 61.7 Å². The molecule has 13 heteroatoms. The SMILES string of the molecule is O=C(Nc1nccs1)[C@@H](c1ncn2c1C[C@@H](F)C2)N1Cc2c(cc(I)cc2C(F)(F)F)C1=O. The van der Waals surface area contributed by atoms with E-state index in [0.717, 1.165) is 22.3 Å². The van der Waals surface area contributed by atoms with Gasteiger partial charge in [-0.15, -0.1) is 11.3 Å². The standard InChI is InChI=1S/C20H14F4IN5O2S/c21-9-3-14-15(27-8-29(14)6-9)16(17(31)28-19-26-1-2-33-19)30-7-12-11(18(30)32)4-10(25)5-13(12)20(22,23)24/h1-2,4-5,8-9,16H,3,6-7H2,(H,26,28,31)/t9-,16-/m1/s1. The summed E-state index contributed by atoms with van der Waals surface area (Å²) in [7, 11) is 0. The van der Waals surface area contributed by atoms with Gasteiger partial charge in [-0.05, 0) is 40.3 Å². The molecule has 1 N–H and O–H groups in total. The molecule has 0 bridgehead atoms. The van der Waals surface area contributed by atoms with E-state index < -0.39 is 42.3 Å². The van der Waals surface area contributed by atoms with Gasteiger partial charge in [0.2, 0.25) is 0 Å². The number of nitrogens with zero attached hydrogens (tertiary/aromatic N) is 4. The third kappa shape index (κ3) is 3.90. The van der Waals surface area contributed by atoms with Gasteiger partial charge in [0.05, 0.1) is 24.1 Å². The number of hydrogen-bond acceptors (Lipinski definition) is 5. The fraction of sp³-hybridized carbons (Fsp3) is 0.300. The quantitative estimate of drug-likeness (QED) is 0.365. The molecular formula is C20H14F4IN5O2S. The Morgan fingerprint density at radius 1 is 1.30 bits per heavy atom. The number of halogens is 5. The molecule has 0 spiro atoms. The molecule has 4 heterocycles. The second-order valence-corrected chi connectivity index (χ2v) is 9.81. The smallest absolute Gasteiger partial charge is 0.331 e. The van der Waals surface area contributed by atoms with Crippen LogP contribution in [0.1, 0.15) is 38.9 Å². The van der Waals surface area contributed by atoms with Crippen LogP contribution in [0, 0.1) is 3.57 Å². The maximum Gasteiger partial charge on any atom is 0.416 e. The lowest BCUT2D eigenvalue weighted by molar-refractivity contribution is -0.138. The second kappa shape index (κ2) is 8.04. The molecule has 0 saturated heterocycles. The summed E-state index contributed by atoms with van der Waals surface area (Å²) in [5.74, 6) is -1.40. The number of imidazole rings is 1. The molecule has 2 aliphatic heterocycles. The number of nitrogens with one attached hydrogen (secondary N) is 1. The zero-order valence-corrected chi connectivity index (χ0v) is 19.5. The lowest BCUT2D eigenvalue weighted by Gasteiger charge is -2.26. The predicted molar refractivity (Wildman–Crippen MR) is 118 cm³/mol. The van der Waals surface area contributed by atoms with E-state index >= 15 is 0 Å². The Morgan fingerprint density at radius 2 is 2.09 bits per heavy atom. The highest BCUT2D eigenvalue weighted by Gasteiger charge is 2.45. The third-order valence-corrected chi connectivity index (χ3v) is 6.92. The molecule has 0 fully saturated rings. The van der Waals surface area contributed by atoms with E-state index in [1.54, 1.807) is 32.5 Å². The number of anilines is 1. The maximum atomic E-state index is 14.0. The summed E-state index contributed by atoms with van der Waals surface area (Å²) in [6, 6.07) is 0.996. The van der Waals surface area contributed by atoms with Gasteiger partial charge in [-0.1, -0.05) is 0 Å². The zero-order chi connectivity index (χ0) is 23.5. The lowest BCUT2D eigenvalue weighted by atomic mass is 10.0. The van der Waals surface area contributed by atoms with Crippen molar-refractivity contribution in [2.45, 2.75) is 37.9 Å². The van der Waals surface area contributed by atoms with Crippen LogP contribution >= 0.6 is 33.9 Å². The molecule has 2 amide bonds. The van der Waals surface area contributed by atoms with E-state index in [2.05, 4.69) is 15.3 Å². The van der Waals surface area contributed by atoms with Crippen LogP contribution in [0.3, 0.4) is 0 Å². The van der Waals surface area contributed by atoms with Gasteiger partial charge in [-0.25, -0.2) is 14.4 Å². The fourth-order valence-electron chi connectivity index (χ4n) is 4.25. The van der Waals surface area contributed by atoms with Gasteiger partial charge < -0.3 is 9.47 Å². The van der Waals surface area contributed by atoms with Crippen LogP contribution in [0.5, 0.6) is 0 Å². The molecule has 2 aliphatic rings. The number of hydrogen-bond donors (Lipinski definition) is 1.